The highest BCUT2D eigenvalue weighted by Gasteiger charge is 2.05. The Labute approximate surface area is 83.4 Å². The Morgan fingerprint density at radius 3 is 2.15 bits per heavy atom. The van der Waals surface area contributed by atoms with Crippen LogP contribution in [0.2, 0.25) is 0 Å². The van der Waals surface area contributed by atoms with Gasteiger partial charge in [-0.25, -0.2) is 0 Å². The van der Waals surface area contributed by atoms with Crippen LogP contribution in [-0.4, -0.2) is 10.2 Å². The van der Waals surface area contributed by atoms with Gasteiger partial charge >= 0.3 is 0 Å². The summed E-state index contributed by atoms with van der Waals surface area (Å²) in [5.74, 6) is 0. The highest BCUT2D eigenvalue weighted by molar-refractivity contribution is 6.35. The molecule has 0 amide bonds. The first-order chi connectivity index (χ1) is 6.04. The van der Waals surface area contributed by atoms with Crippen LogP contribution in [0.25, 0.3) is 11.1 Å². The van der Waals surface area contributed by atoms with Gasteiger partial charge in [0, 0.05) is 0 Å². The maximum atomic E-state index is 3.96. The van der Waals surface area contributed by atoms with Gasteiger partial charge in [0.2, 0.25) is 0 Å². The molecule has 0 heterocycles. The van der Waals surface area contributed by atoms with Gasteiger partial charge in [-0.2, -0.15) is 0 Å². The zero-order chi connectivity index (χ0) is 10.0. The molecule has 1 aromatic carbocycles. The number of allylic oxidation sites excluding steroid dienone is 2. The minimum absolute atomic E-state index is 1.06. The van der Waals surface area contributed by atoms with Gasteiger partial charge in [0.25, 0.3) is 0 Å². The minimum Gasteiger partial charge on any atom is -0.0955 e. The van der Waals surface area contributed by atoms with Crippen LogP contribution < -0.4 is 5.19 Å². The first kappa shape index (κ1) is 10.0. The van der Waals surface area contributed by atoms with Crippen LogP contribution in [0.3, 0.4) is 0 Å². The first-order valence-corrected chi connectivity index (χ1v) is 4.70. The van der Waals surface area contributed by atoms with Crippen LogP contribution >= 0.6 is 0 Å². The van der Waals surface area contributed by atoms with E-state index in [4.69, 9.17) is 0 Å². The summed E-state index contributed by atoms with van der Waals surface area (Å²) in [6, 6.07) is 6.10. The van der Waals surface area contributed by atoms with E-state index in [1.165, 1.54) is 5.56 Å². The fraction of sp³-hybridized carbons (Fsp3) is 0.167. The lowest BCUT2D eigenvalue weighted by molar-refractivity contribution is 1.53. The van der Waals surface area contributed by atoms with Crippen molar-refractivity contribution in [1.82, 2.24) is 0 Å². The summed E-state index contributed by atoms with van der Waals surface area (Å²) in [6.45, 7) is 11.9. The van der Waals surface area contributed by atoms with Gasteiger partial charge in [-0.15, -0.1) is 0 Å². The van der Waals surface area contributed by atoms with Crippen LogP contribution in [0.15, 0.2) is 31.4 Å². The van der Waals surface area contributed by atoms with Crippen molar-refractivity contribution in [3.8, 4) is 0 Å². The molecule has 0 spiro atoms. The highest BCUT2D eigenvalue weighted by atomic mass is 28.1. The molecule has 0 atom stereocenters. The van der Waals surface area contributed by atoms with Gasteiger partial charge in [-0.1, -0.05) is 47.7 Å². The molecule has 0 unspecified atom stereocenters. The van der Waals surface area contributed by atoms with Crippen molar-refractivity contribution in [3.05, 3.63) is 42.5 Å². The summed E-state index contributed by atoms with van der Waals surface area (Å²) in [6.07, 6.45) is 0. The molecule has 0 saturated heterocycles. The second-order valence-corrected chi connectivity index (χ2v) is 3.83. The Morgan fingerprint density at radius 1 is 1.15 bits per heavy atom. The molecule has 1 aromatic rings. The van der Waals surface area contributed by atoms with Crippen molar-refractivity contribution in [2.45, 2.75) is 13.8 Å². The van der Waals surface area contributed by atoms with Crippen molar-refractivity contribution in [3.63, 3.8) is 0 Å². The molecule has 0 saturated carbocycles. The summed E-state index contributed by atoms with van der Waals surface area (Å²) >= 11 is 0. The van der Waals surface area contributed by atoms with Crippen LogP contribution in [-0.2, 0) is 0 Å². The van der Waals surface area contributed by atoms with Crippen LogP contribution in [0.4, 0.5) is 0 Å². The summed E-state index contributed by atoms with van der Waals surface area (Å²) in [5.41, 5.74) is 4.45. The normalized spacial score (nSPS) is 9.77. The smallest absolute Gasteiger partial charge is 0.0720 e. The zero-order valence-electron chi connectivity index (χ0n) is 8.15. The third kappa shape index (κ3) is 1.98. The van der Waals surface area contributed by atoms with Gasteiger partial charge in [0.05, 0.1) is 10.2 Å². The van der Waals surface area contributed by atoms with E-state index in [2.05, 4.69) is 29.5 Å². The quantitative estimate of drug-likeness (QED) is 0.621. The molecule has 1 heteroatoms. The van der Waals surface area contributed by atoms with E-state index in [-0.39, 0.29) is 0 Å². The lowest BCUT2D eigenvalue weighted by atomic mass is 9.97. The maximum absolute atomic E-state index is 3.96. The number of rotatable bonds is 2. The average Bonchev–Trinajstić information content (AvgIpc) is 2.02. The summed E-state index contributed by atoms with van der Waals surface area (Å²) < 4.78 is 0. The predicted octanol–water partition coefficient (Wildman–Crippen LogP) is 2.55. The van der Waals surface area contributed by atoms with Crippen molar-refractivity contribution >= 4 is 26.6 Å². The standard InChI is InChI=1S/C12H13Si/c1-8(2)10-6-5-7-11(13)12(10)9(3)4/h5-7H,1,3H2,2,4H3. The number of hydrogen-bond acceptors (Lipinski definition) is 0. The number of hydrogen-bond donors (Lipinski definition) is 0. The van der Waals surface area contributed by atoms with Gasteiger partial charge in [-0.05, 0) is 25.0 Å². The van der Waals surface area contributed by atoms with E-state index >= 15 is 0 Å². The molecule has 0 nitrogen and oxygen atoms in total. The first-order valence-electron chi connectivity index (χ1n) is 4.20. The molecular weight excluding hydrogens is 172 g/mol. The molecule has 0 N–H and O–H groups in total. The lowest BCUT2D eigenvalue weighted by Crippen LogP contribution is -2.10. The molecule has 65 valence electrons. The van der Waals surface area contributed by atoms with E-state index in [0.29, 0.717) is 0 Å². The number of benzene rings is 1. The van der Waals surface area contributed by atoms with Crippen LogP contribution in [0, 0.1) is 0 Å². The average molecular weight is 185 g/mol. The fourth-order valence-corrected chi connectivity index (χ4v) is 1.81. The monoisotopic (exact) mass is 185 g/mol. The summed E-state index contributed by atoms with van der Waals surface area (Å²) in [7, 11) is 3.57. The predicted molar refractivity (Wildman–Crippen MR) is 61.2 cm³/mol. The van der Waals surface area contributed by atoms with Gasteiger partial charge < -0.3 is 0 Å². The Morgan fingerprint density at radius 2 is 1.77 bits per heavy atom. The third-order valence-electron chi connectivity index (χ3n) is 1.95. The lowest BCUT2D eigenvalue weighted by Gasteiger charge is -2.11. The van der Waals surface area contributed by atoms with Crippen LogP contribution in [0.5, 0.6) is 0 Å². The molecule has 1 rings (SSSR count). The Kier molecular flexibility index (Phi) is 2.89. The van der Waals surface area contributed by atoms with E-state index in [1.807, 2.05) is 26.0 Å². The van der Waals surface area contributed by atoms with E-state index in [1.54, 1.807) is 0 Å². The molecular formula is C12H13Si. The maximum Gasteiger partial charge on any atom is 0.0720 e. The topological polar surface area (TPSA) is 0 Å². The molecule has 0 aliphatic heterocycles. The summed E-state index contributed by atoms with van der Waals surface area (Å²) in [5, 5.41) is 1.08. The second kappa shape index (κ2) is 3.75. The third-order valence-corrected chi connectivity index (χ3v) is 2.37. The minimum atomic E-state index is 1.06. The Balaban J connectivity index is 3.43. The molecule has 0 aromatic heterocycles. The van der Waals surface area contributed by atoms with E-state index in [9.17, 15) is 0 Å². The largest absolute Gasteiger partial charge is 0.0955 e. The molecule has 0 fully saturated rings. The molecule has 3 radical (unpaired) electrons. The van der Waals surface area contributed by atoms with Gasteiger partial charge in [0.15, 0.2) is 0 Å². The van der Waals surface area contributed by atoms with E-state index in [0.717, 1.165) is 21.9 Å². The SMILES string of the molecule is C=C(C)c1cccc([Si])c1C(=C)C. The molecule has 0 aliphatic rings. The highest BCUT2D eigenvalue weighted by Crippen LogP contribution is 2.20. The van der Waals surface area contributed by atoms with Gasteiger partial charge in [-0.3, -0.25) is 0 Å². The van der Waals surface area contributed by atoms with Crippen molar-refractivity contribution in [2.24, 2.45) is 0 Å². The van der Waals surface area contributed by atoms with E-state index < -0.39 is 0 Å². The Hall–Kier alpha value is -1.08. The molecule has 13 heavy (non-hydrogen) atoms. The second-order valence-electron chi connectivity index (χ2n) is 3.29. The van der Waals surface area contributed by atoms with Crippen molar-refractivity contribution in [2.75, 3.05) is 0 Å². The fourth-order valence-electron chi connectivity index (χ4n) is 1.37. The van der Waals surface area contributed by atoms with Crippen molar-refractivity contribution < 1.29 is 0 Å². The summed E-state index contributed by atoms with van der Waals surface area (Å²) in [4.78, 5) is 0. The molecule has 0 bridgehead atoms. The van der Waals surface area contributed by atoms with Crippen molar-refractivity contribution in [1.29, 1.82) is 0 Å². The zero-order valence-corrected chi connectivity index (χ0v) is 9.15. The van der Waals surface area contributed by atoms with Gasteiger partial charge in [0.1, 0.15) is 0 Å². The Bertz CT molecular complexity index is 361. The van der Waals surface area contributed by atoms with Crippen LogP contribution in [0.1, 0.15) is 25.0 Å². The molecule has 0 aliphatic carbocycles.